The molecule has 5 aromatic rings. The first-order valence-electron chi connectivity index (χ1n) is 14.9. The summed E-state index contributed by atoms with van der Waals surface area (Å²) in [5.74, 6) is -2.88. The van der Waals surface area contributed by atoms with Crippen molar-refractivity contribution in [3.8, 4) is 21.9 Å². The zero-order valence-electron chi connectivity index (χ0n) is 25.8. The van der Waals surface area contributed by atoms with Crippen molar-refractivity contribution in [1.82, 2.24) is 25.4 Å². The van der Waals surface area contributed by atoms with Crippen LogP contribution in [0.4, 0.5) is 8.78 Å². The third kappa shape index (κ3) is 6.39. The first-order chi connectivity index (χ1) is 22.5. The van der Waals surface area contributed by atoms with E-state index in [9.17, 15) is 23.2 Å². The molecule has 0 spiro atoms. The second-order valence-corrected chi connectivity index (χ2v) is 12.7. The lowest BCUT2D eigenvalue weighted by molar-refractivity contribution is 0.0764. The molecule has 0 fully saturated rings. The number of nitrogens with zero attached hydrogens (tertiary/aromatic N) is 4. The number of halogens is 2. The van der Waals surface area contributed by atoms with E-state index in [4.69, 9.17) is 15.1 Å². The van der Waals surface area contributed by atoms with Gasteiger partial charge in [0.25, 0.3) is 17.7 Å². The fourth-order valence-corrected chi connectivity index (χ4v) is 6.59. The Labute approximate surface area is 272 Å². The number of primary amides is 1. The Bertz CT molecular complexity index is 2040. The van der Waals surface area contributed by atoms with Crippen LogP contribution >= 0.6 is 11.3 Å². The van der Waals surface area contributed by atoms with Gasteiger partial charge in [0.2, 0.25) is 11.8 Å². The van der Waals surface area contributed by atoms with Gasteiger partial charge < -0.3 is 20.4 Å². The largest absolute Gasteiger partial charge is 0.421 e. The lowest BCUT2D eigenvalue weighted by Gasteiger charge is -2.22. The molecule has 13 heteroatoms. The molecule has 0 aliphatic carbocycles. The van der Waals surface area contributed by atoms with Gasteiger partial charge in [0.05, 0.1) is 33.9 Å². The second-order valence-electron chi connectivity index (χ2n) is 11.6. The molecule has 10 nitrogen and oxygen atoms in total. The SMILES string of the molecule is Cc1nnc(-c2c(CN3Cc4ccccc4C3=O)nc(CC(C)C)c(C(N)=O)c2-c2ccc(C(=O)NCc3ccc(F)c(F)c3)s2)o1. The molecule has 0 unspecified atom stereocenters. The average Bonchev–Trinajstić information content (AvgIpc) is 3.76. The number of pyridine rings is 1. The number of aromatic nitrogens is 3. The third-order valence-electron chi connectivity index (χ3n) is 7.69. The molecule has 47 heavy (non-hydrogen) atoms. The van der Waals surface area contributed by atoms with E-state index < -0.39 is 23.4 Å². The highest BCUT2D eigenvalue weighted by atomic mass is 32.1. The Morgan fingerprint density at radius 2 is 1.83 bits per heavy atom. The summed E-state index contributed by atoms with van der Waals surface area (Å²) in [6.45, 7) is 6.02. The maximum Gasteiger partial charge on any atom is 0.261 e. The van der Waals surface area contributed by atoms with Crippen molar-refractivity contribution in [2.75, 3.05) is 0 Å². The number of fused-ring (bicyclic) bond motifs is 1. The van der Waals surface area contributed by atoms with Crippen molar-refractivity contribution in [2.45, 2.75) is 46.8 Å². The lowest BCUT2D eigenvalue weighted by Crippen LogP contribution is -2.26. The number of rotatable bonds is 10. The van der Waals surface area contributed by atoms with Crippen LogP contribution in [0.2, 0.25) is 0 Å². The summed E-state index contributed by atoms with van der Waals surface area (Å²) in [5, 5.41) is 11.0. The summed E-state index contributed by atoms with van der Waals surface area (Å²) in [6.07, 6.45) is 0.405. The quantitative estimate of drug-likeness (QED) is 0.192. The Morgan fingerprint density at radius 3 is 2.51 bits per heavy atom. The fourth-order valence-electron chi connectivity index (χ4n) is 5.61. The van der Waals surface area contributed by atoms with Crippen LogP contribution in [0.1, 0.15) is 72.6 Å². The third-order valence-corrected chi connectivity index (χ3v) is 8.79. The molecule has 240 valence electrons. The Morgan fingerprint density at radius 1 is 1.04 bits per heavy atom. The number of hydrogen-bond donors (Lipinski definition) is 2. The molecule has 1 aliphatic rings. The first kappa shape index (κ1) is 31.7. The number of carbonyl (C=O) groups excluding carboxylic acids is 3. The van der Waals surface area contributed by atoms with E-state index in [-0.39, 0.29) is 42.3 Å². The summed E-state index contributed by atoms with van der Waals surface area (Å²) in [7, 11) is 0. The van der Waals surface area contributed by atoms with Crippen molar-refractivity contribution < 1.29 is 27.6 Å². The van der Waals surface area contributed by atoms with E-state index in [1.807, 2.05) is 32.0 Å². The zero-order valence-corrected chi connectivity index (χ0v) is 26.6. The van der Waals surface area contributed by atoms with Gasteiger partial charge in [0.1, 0.15) is 0 Å². The molecule has 3 N–H and O–H groups in total. The van der Waals surface area contributed by atoms with Crippen LogP contribution in [0.25, 0.3) is 21.9 Å². The van der Waals surface area contributed by atoms with Gasteiger partial charge >= 0.3 is 0 Å². The van der Waals surface area contributed by atoms with Crippen LogP contribution < -0.4 is 11.1 Å². The molecular formula is C34H30F2N6O4S. The maximum absolute atomic E-state index is 13.7. The monoisotopic (exact) mass is 656 g/mol. The van der Waals surface area contributed by atoms with E-state index in [0.717, 1.165) is 29.0 Å². The molecule has 1 aliphatic heterocycles. The Balaban J connectivity index is 1.46. The lowest BCUT2D eigenvalue weighted by atomic mass is 9.92. The number of thiophene rings is 1. The fraction of sp³-hybridized carbons (Fsp3) is 0.235. The summed E-state index contributed by atoms with van der Waals surface area (Å²) >= 11 is 1.10. The van der Waals surface area contributed by atoms with Gasteiger partial charge in [-0.1, -0.05) is 38.1 Å². The minimum absolute atomic E-state index is 0.0352. The average molecular weight is 657 g/mol. The van der Waals surface area contributed by atoms with E-state index in [2.05, 4.69) is 15.5 Å². The van der Waals surface area contributed by atoms with E-state index in [1.54, 1.807) is 30.0 Å². The van der Waals surface area contributed by atoms with Crippen molar-refractivity contribution >= 4 is 29.1 Å². The highest BCUT2D eigenvalue weighted by Crippen LogP contribution is 2.42. The number of aryl methyl sites for hydroxylation is 1. The number of benzene rings is 2. The maximum atomic E-state index is 13.7. The van der Waals surface area contributed by atoms with Gasteiger partial charge in [-0.05, 0) is 53.8 Å². The van der Waals surface area contributed by atoms with Gasteiger partial charge in [-0.3, -0.25) is 19.4 Å². The zero-order chi connectivity index (χ0) is 33.4. The van der Waals surface area contributed by atoms with Crippen LogP contribution in [-0.2, 0) is 26.1 Å². The van der Waals surface area contributed by atoms with Crippen LogP contribution in [0.5, 0.6) is 0 Å². The second kappa shape index (κ2) is 12.8. The predicted octanol–water partition coefficient (Wildman–Crippen LogP) is 5.83. The Kier molecular flexibility index (Phi) is 8.65. The molecule has 0 saturated heterocycles. The number of nitrogens with two attached hydrogens (primary N) is 1. The van der Waals surface area contributed by atoms with Crippen molar-refractivity contribution in [3.63, 3.8) is 0 Å². The highest BCUT2D eigenvalue weighted by Gasteiger charge is 2.33. The van der Waals surface area contributed by atoms with Crippen molar-refractivity contribution in [3.05, 3.63) is 111 Å². The molecule has 2 aromatic carbocycles. The normalized spacial score (nSPS) is 12.6. The minimum Gasteiger partial charge on any atom is -0.421 e. The molecule has 0 atom stereocenters. The van der Waals surface area contributed by atoms with Gasteiger partial charge in [0.15, 0.2) is 11.6 Å². The molecule has 0 radical (unpaired) electrons. The number of hydrogen-bond acceptors (Lipinski definition) is 8. The molecule has 3 aromatic heterocycles. The van der Waals surface area contributed by atoms with Crippen LogP contribution in [0, 0.1) is 24.5 Å². The summed E-state index contributed by atoms with van der Waals surface area (Å²) in [5.41, 5.74) is 9.66. The molecule has 6 rings (SSSR count). The standard InChI is InChI=1S/C34H30F2N6O4S/c1-17(2)12-24-28(31(37)43)30(26-10-11-27(47-26)32(44)38-14-19-8-9-22(35)23(36)13-19)29(33-41-40-18(3)46-33)25(39-24)16-42-15-20-6-4-5-7-21(20)34(42)45/h4-11,13,17H,12,14-16H2,1-3H3,(H2,37,43)(H,38,44). The van der Waals surface area contributed by atoms with Gasteiger partial charge in [-0.2, -0.15) is 0 Å². The van der Waals surface area contributed by atoms with E-state index in [0.29, 0.717) is 56.4 Å². The first-order valence-corrected chi connectivity index (χ1v) is 15.7. The van der Waals surface area contributed by atoms with Gasteiger partial charge in [-0.15, -0.1) is 21.5 Å². The smallest absolute Gasteiger partial charge is 0.261 e. The number of amides is 3. The molecule has 3 amide bonds. The van der Waals surface area contributed by atoms with Crippen LogP contribution in [0.3, 0.4) is 0 Å². The van der Waals surface area contributed by atoms with Crippen LogP contribution in [0.15, 0.2) is 59.0 Å². The van der Waals surface area contributed by atoms with Crippen molar-refractivity contribution in [2.24, 2.45) is 11.7 Å². The van der Waals surface area contributed by atoms with Crippen molar-refractivity contribution in [1.29, 1.82) is 0 Å². The summed E-state index contributed by atoms with van der Waals surface area (Å²) < 4.78 is 32.9. The Hall–Kier alpha value is -5.30. The molecule has 4 heterocycles. The van der Waals surface area contributed by atoms with E-state index >= 15 is 0 Å². The molecule has 0 saturated carbocycles. The van der Waals surface area contributed by atoms with Gasteiger partial charge in [-0.25, -0.2) is 8.78 Å². The molecule has 0 bridgehead atoms. The summed E-state index contributed by atoms with van der Waals surface area (Å²) in [6, 6.07) is 14.1. The topological polar surface area (TPSA) is 144 Å². The van der Waals surface area contributed by atoms with Gasteiger partial charge in [0, 0.05) is 36.0 Å². The minimum atomic E-state index is -1.01. The number of carbonyl (C=O) groups is 3. The molecular weight excluding hydrogens is 626 g/mol. The summed E-state index contributed by atoms with van der Waals surface area (Å²) in [4.78, 5) is 47.2. The predicted molar refractivity (Wildman–Crippen MR) is 170 cm³/mol. The number of nitrogens with one attached hydrogen (secondary N) is 1. The van der Waals surface area contributed by atoms with E-state index in [1.165, 1.54) is 6.07 Å². The van der Waals surface area contributed by atoms with Crippen LogP contribution in [-0.4, -0.2) is 37.8 Å². The highest BCUT2D eigenvalue weighted by molar-refractivity contribution is 7.17.